The number of hydrogen-bond donors (Lipinski definition) is 3. The average molecular weight is 185 g/mol. The maximum atomic E-state index is 10.5. The fraction of sp³-hybridized carbons (Fsp3) is 0. The van der Waals surface area contributed by atoms with Gasteiger partial charge >= 0.3 is 11.9 Å². The van der Waals surface area contributed by atoms with Crippen LogP contribution in [0.1, 0.15) is 0 Å². The Bertz CT molecular complexity index is 302. The van der Waals surface area contributed by atoms with E-state index in [1.165, 1.54) is 0 Å². The Kier molecular flexibility index (Phi) is 3.94. The number of allylic oxidation sites excluding steroid dienone is 1. The van der Waals surface area contributed by atoms with E-state index in [0.717, 1.165) is 6.08 Å². The van der Waals surface area contributed by atoms with Gasteiger partial charge in [-0.2, -0.15) is 0 Å². The van der Waals surface area contributed by atoms with Crippen LogP contribution in [0.25, 0.3) is 0 Å². The molecule has 0 saturated carbocycles. The van der Waals surface area contributed by atoms with Crippen molar-refractivity contribution in [2.75, 3.05) is 0 Å². The number of aliphatic carboxylic acids is 2. The third kappa shape index (κ3) is 5.19. The van der Waals surface area contributed by atoms with Crippen LogP contribution in [0.3, 0.4) is 0 Å². The van der Waals surface area contributed by atoms with Crippen LogP contribution in [0.4, 0.5) is 0 Å². The quantitative estimate of drug-likeness (QED) is 0.297. The molecule has 0 aliphatic heterocycles. The van der Waals surface area contributed by atoms with E-state index >= 15 is 0 Å². The Morgan fingerprint density at radius 2 is 1.62 bits per heavy atom. The zero-order valence-corrected chi connectivity index (χ0v) is 6.43. The molecule has 0 amide bonds. The van der Waals surface area contributed by atoms with Crippen molar-refractivity contribution in [1.82, 2.24) is 0 Å². The summed E-state index contributed by atoms with van der Waals surface area (Å²) in [5.41, 5.74) is 4.86. The first kappa shape index (κ1) is 10.9. The molecule has 0 bridgehead atoms. The summed E-state index contributed by atoms with van der Waals surface area (Å²) in [5.74, 6) is -4.08. The minimum atomic E-state index is -1.65. The van der Waals surface area contributed by atoms with E-state index < -0.39 is 17.7 Å². The Hall–Kier alpha value is -2.11. The Morgan fingerprint density at radius 1 is 1.08 bits per heavy atom. The number of hydrogen-bond acceptors (Lipinski definition) is 4. The number of nitrogens with two attached hydrogens (primary N) is 1. The van der Waals surface area contributed by atoms with Gasteiger partial charge in [0.05, 0.1) is 0 Å². The van der Waals surface area contributed by atoms with E-state index in [2.05, 4.69) is 0 Å². The van der Waals surface area contributed by atoms with Gasteiger partial charge in [-0.05, 0) is 6.08 Å². The van der Waals surface area contributed by atoms with Crippen molar-refractivity contribution in [3.8, 4) is 0 Å². The number of ketones is 1. The predicted molar refractivity (Wildman–Crippen MR) is 41.7 cm³/mol. The zero-order chi connectivity index (χ0) is 10.4. The molecule has 0 aromatic heterocycles. The Labute approximate surface area is 73.0 Å². The van der Waals surface area contributed by atoms with Crippen molar-refractivity contribution < 1.29 is 24.6 Å². The highest BCUT2D eigenvalue weighted by Crippen LogP contribution is 1.88. The van der Waals surface area contributed by atoms with Gasteiger partial charge in [-0.25, -0.2) is 9.59 Å². The first-order chi connectivity index (χ1) is 5.93. The monoisotopic (exact) mass is 185 g/mol. The van der Waals surface area contributed by atoms with Crippen LogP contribution in [0.5, 0.6) is 0 Å². The lowest BCUT2D eigenvalue weighted by atomic mass is 10.3. The molecule has 6 heteroatoms. The van der Waals surface area contributed by atoms with Crippen LogP contribution in [0.15, 0.2) is 23.9 Å². The zero-order valence-electron chi connectivity index (χ0n) is 6.43. The van der Waals surface area contributed by atoms with E-state index in [0.29, 0.717) is 12.2 Å². The van der Waals surface area contributed by atoms with Gasteiger partial charge < -0.3 is 15.9 Å². The fourth-order valence-corrected chi connectivity index (χ4v) is 0.429. The normalized spacial score (nSPS) is 11.5. The number of carbonyl (C=O) groups is 3. The fourth-order valence-electron chi connectivity index (χ4n) is 0.429. The average Bonchev–Trinajstić information content (AvgIpc) is 2.00. The van der Waals surface area contributed by atoms with E-state index in [4.69, 9.17) is 15.9 Å². The Balaban J connectivity index is 4.42. The largest absolute Gasteiger partial charge is 0.478 e. The van der Waals surface area contributed by atoms with Crippen molar-refractivity contribution in [2.24, 2.45) is 5.73 Å². The molecule has 4 N–H and O–H groups in total. The second kappa shape index (κ2) is 4.70. The van der Waals surface area contributed by atoms with Crippen LogP contribution in [0, 0.1) is 0 Å². The third-order valence-electron chi connectivity index (χ3n) is 0.927. The molecule has 0 heterocycles. The van der Waals surface area contributed by atoms with Gasteiger partial charge in [-0.1, -0.05) is 0 Å². The lowest BCUT2D eigenvalue weighted by Gasteiger charge is -1.89. The molecular weight excluding hydrogens is 178 g/mol. The van der Waals surface area contributed by atoms with Gasteiger partial charge in [0.25, 0.3) is 5.78 Å². The molecule has 0 aliphatic rings. The predicted octanol–water partition coefficient (Wildman–Crippen LogP) is -0.876. The number of carboxylic acids is 2. The molecule has 0 aliphatic carbocycles. The SMILES string of the molecule is NC(/C=C\C(=O)O)=C/C(=O)C(=O)O. The van der Waals surface area contributed by atoms with Crippen LogP contribution in [0.2, 0.25) is 0 Å². The van der Waals surface area contributed by atoms with Crippen LogP contribution >= 0.6 is 0 Å². The molecule has 0 aromatic rings. The van der Waals surface area contributed by atoms with E-state index in [1.807, 2.05) is 0 Å². The molecule has 0 saturated heterocycles. The van der Waals surface area contributed by atoms with Gasteiger partial charge in [-0.3, -0.25) is 4.79 Å². The summed E-state index contributed by atoms with van der Waals surface area (Å²) in [6.07, 6.45) is 2.24. The van der Waals surface area contributed by atoms with Crippen molar-refractivity contribution in [1.29, 1.82) is 0 Å². The first-order valence-corrected chi connectivity index (χ1v) is 3.09. The lowest BCUT2D eigenvalue weighted by Crippen LogP contribution is -2.11. The van der Waals surface area contributed by atoms with Gasteiger partial charge in [0.15, 0.2) is 0 Å². The standard InChI is InChI=1S/C7H7NO5/c8-4(1-2-6(10)11)3-5(9)7(12)13/h1-3H,8H2,(H,10,11)(H,12,13)/b2-1-,4-3+. The van der Waals surface area contributed by atoms with Crippen molar-refractivity contribution >= 4 is 17.7 Å². The van der Waals surface area contributed by atoms with Crippen molar-refractivity contribution in [3.63, 3.8) is 0 Å². The number of carboxylic acid groups (broad SMARTS) is 2. The minimum Gasteiger partial charge on any atom is -0.478 e. The molecule has 0 atom stereocenters. The summed E-state index contributed by atoms with van der Waals surface area (Å²) >= 11 is 0. The molecule has 0 radical (unpaired) electrons. The number of rotatable bonds is 4. The van der Waals surface area contributed by atoms with E-state index in [1.54, 1.807) is 0 Å². The maximum absolute atomic E-state index is 10.5. The van der Waals surface area contributed by atoms with Crippen molar-refractivity contribution in [2.45, 2.75) is 0 Å². The second-order valence-electron chi connectivity index (χ2n) is 1.99. The van der Waals surface area contributed by atoms with E-state index in [-0.39, 0.29) is 5.70 Å². The molecule has 13 heavy (non-hydrogen) atoms. The molecule has 0 spiro atoms. The molecule has 70 valence electrons. The van der Waals surface area contributed by atoms with Crippen LogP contribution in [-0.4, -0.2) is 27.9 Å². The maximum Gasteiger partial charge on any atom is 0.376 e. The topological polar surface area (TPSA) is 118 Å². The van der Waals surface area contributed by atoms with Gasteiger partial charge in [0.2, 0.25) is 0 Å². The first-order valence-electron chi connectivity index (χ1n) is 3.09. The second-order valence-corrected chi connectivity index (χ2v) is 1.99. The molecule has 0 rings (SSSR count). The van der Waals surface area contributed by atoms with Gasteiger partial charge in [-0.15, -0.1) is 0 Å². The van der Waals surface area contributed by atoms with Crippen LogP contribution < -0.4 is 5.73 Å². The third-order valence-corrected chi connectivity index (χ3v) is 0.927. The molecule has 6 nitrogen and oxygen atoms in total. The highest BCUT2D eigenvalue weighted by atomic mass is 16.4. The molecular formula is C7H7NO5. The molecule has 0 fully saturated rings. The summed E-state index contributed by atoms with van der Waals surface area (Å²) in [6, 6.07) is 0. The van der Waals surface area contributed by atoms with E-state index in [9.17, 15) is 14.4 Å². The lowest BCUT2D eigenvalue weighted by molar-refractivity contribution is -0.146. The van der Waals surface area contributed by atoms with Gasteiger partial charge in [0.1, 0.15) is 0 Å². The minimum absolute atomic E-state index is 0.227. The smallest absolute Gasteiger partial charge is 0.376 e. The van der Waals surface area contributed by atoms with Crippen molar-refractivity contribution in [3.05, 3.63) is 23.9 Å². The van der Waals surface area contributed by atoms with Crippen LogP contribution in [-0.2, 0) is 14.4 Å². The highest BCUT2D eigenvalue weighted by Gasteiger charge is 2.06. The summed E-state index contributed by atoms with van der Waals surface area (Å²) in [7, 11) is 0. The highest BCUT2D eigenvalue weighted by molar-refractivity contribution is 6.37. The Morgan fingerprint density at radius 3 is 2.00 bits per heavy atom. The summed E-state index contributed by atoms with van der Waals surface area (Å²) < 4.78 is 0. The summed E-state index contributed by atoms with van der Waals surface area (Å²) in [4.78, 5) is 30.4. The molecule has 0 aromatic carbocycles. The summed E-state index contributed by atoms with van der Waals surface area (Å²) in [5, 5.41) is 16.3. The van der Waals surface area contributed by atoms with Gasteiger partial charge in [0, 0.05) is 17.8 Å². The molecule has 0 unspecified atom stereocenters. The summed E-state index contributed by atoms with van der Waals surface area (Å²) in [6.45, 7) is 0. The number of carbonyl (C=O) groups excluding carboxylic acids is 1.